The second-order valence-corrected chi connectivity index (χ2v) is 4.30. The van der Waals surface area contributed by atoms with Gasteiger partial charge in [0.1, 0.15) is 6.33 Å². The Morgan fingerprint density at radius 2 is 2.21 bits per heavy atom. The summed E-state index contributed by atoms with van der Waals surface area (Å²) in [5, 5.41) is 9.96. The third-order valence-corrected chi connectivity index (χ3v) is 2.81. The molecular formula is C13H17N5O. The van der Waals surface area contributed by atoms with Gasteiger partial charge in [-0.1, -0.05) is 0 Å². The summed E-state index contributed by atoms with van der Waals surface area (Å²) in [5.41, 5.74) is 2.58. The Hall–Kier alpha value is -2.37. The van der Waals surface area contributed by atoms with Crippen LogP contribution in [-0.4, -0.2) is 27.7 Å². The van der Waals surface area contributed by atoms with Crippen LogP contribution in [0.4, 0.5) is 5.69 Å². The van der Waals surface area contributed by atoms with Gasteiger partial charge >= 0.3 is 0 Å². The summed E-state index contributed by atoms with van der Waals surface area (Å²) in [5.74, 6) is 0.480. The molecule has 0 unspecified atom stereocenters. The highest BCUT2D eigenvalue weighted by atomic mass is 16.1. The summed E-state index contributed by atoms with van der Waals surface area (Å²) in [7, 11) is 3.64. The Balaban J connectivity index is 2.03. The Morgan fingerprint density at radius 3 is 2.79 bits per heavy atom. The highest BCUT2D eigenvalue weighted by molar-refractivity contribution is 5.95. The second kappa shape index (κ2) is 5.51. The van der Waals surface area contributed by atoms with E-state index < -0.39 is 0 Å². The lowest BCUT2D eigenvalue weighted by atomic mass is 10.1. The number of aryl methyl sites for hydroxylation is 2. The van der Waals surface area contributed by atoms with Gasteiger partial charge < -0.3 is 10.6 Å². The zero-order valence-electron chi connectivity index (χ0n) is 11.3. The fourth-order valence-electron chi connectivity index (χ4n) is 1.79. The topological polar surface area (TPSA) is 71.8 Å². The van der Waals surface area contributed by atoms with Crippen LogP contribution in [0, 0.1) is 6.92 Å². The minimum Gasteiger partial charge on any atom is -0.388 e. The van der Waals surface area contributed by atoms with Crippen molar-refractivity contribution in [3.05, 3.63) is 41.5 Å². The lowest BCUT2D eigenvalue weighted by Crippen LogP contribution is -2.24. The molecule has 1 heterocycles. The minimum absolute atomic E-state index is 0.118. The number of carbonyl (C=O) groups excluding carboxylic acids is 1. The van der Waals surface area contributed by atoms with E-state index in [4.69, 9.17) is 0 Å². The first-order valence-corrected chi connectivity index (χ1v) is 6.01. The Morgan fingerprint density at radius 1 is 1.42 bits per heavy atom. The molecule has 1 aromatic carbocycles. The van der Waals surface area contributed by atoms with Crippen molar-refractivity contribution in [3.8, 4) is 0 Å². The molecule has 0 fully saturated rings. The zero-order valence-corrected chi connectivity index (χ0v) is 11.3. The molecule has 0 saturated carbocycles. The van der Waals surface area contributed by atoms with Gasteiger partial charge in [0, 0.05) is 25.3 Å². The number of rotatable bonds is 4. The van der Waals surface area contributed by atoms with Crippen LogP contribution in [0.25, 0.3) is 0 Å². The molecule has 0 aliphatic heterocycles. The number of hydrogen-bond donors (Lipinski definition) is 2. The lowest BCUT2D eigenvalue weighted by Gasteiger charge is -2.08. The molecule has 6 heteroatoms. The van der Waals surface area contributed by atoms with E-state index in [0.717, 1.165) is 11.3 Å². The van der Waals surface area contributed by atoms with E-state index in [-0.39, 0.29) is 5.91 Å². The van der Waals surface area contributed by atoms with Gasteiger partial charge in [0.05, 0.1) is 6.54 Å². The van der Waals surface area contributed by atoms with E-state index in [0.29, 0.717) is 17.9 Å². The minimum atomic E-state index is -0.118. The fraction of sp³-hybridized carbons (Fsp3) is 0.308. The van der Waals surface area contributed by atoms with Crippen LogP contribution in [-0.2, 0) is 13.6 Å². The van der Waals surface area contributed by atoms with Crippen LogP contribution in [0.15, 0.2) is 24.5 Å². The molecule has 2 aromatic rings. The molecule has 0 bridgehead atoms. The third kappa shape index (κ3) is 3.09. The quantitative estimate of drug-likeness (QED) is 0.862. The molecule has 0 radical (unpaired) electrons. The summed E-state index contributed by atoms with van der Waals surface area (Å²) < 4.78 is 1.61. The number of hydrogen-bond acceptors (Lipinski definition) is 4. The first-order valence-electron chi connectivity index (χ1n) is 6.01. The predicted octanol–water partition coefficient (Wildman–Crippen LogP) is 1.10. The highest BCUT2D eigenvalue weighted by Gasteiger charge is 2.10. The average Bonchev–Trinajstić information content (AvgIpc) is 2.81. The number of anilines is 1. The van der Waals surface area contributed by atoms with Crippen molar-refractivity contribution in [2.45, 2.75) is 13.5 Å². The molecule has 2 rings (SSSR count). The van der Waals surface area contributed by atoms with Crippen molar-refractivity contribution in [1.82, 2.24) is 20.1 Å². The number of amides is 1. The smallest absolute Gasteiger partial charge is 0.251 e. The summed E-state index contributed by atoms with van der Waals surface area (Å²) in [6.07, 6.45) is 1.61. The maximum absolute atomic E-state index is 12.1. The van der Waals surface area contributed by atoms with E-state index in [2.05, 4.69) is 20.7 Å². The van der Waals surface area contributed by atoms with Crippen LogP contribution in [0.2, 0.25) is 0 Å². The Bertz CT molecular complexity index is 590. The molecule has 1 aromatic heterocycles. The molecule has 0 spiro atoms. The van der Waals surface area contributed by atoms with Crippen LogP contribution in [0.5, 0.6) is 0 Å². The van der Waals surface area contributed by atoms with Crippen LogP contribution in [0.3, 0.4) is 0 Å². The van der Waals surface area contributed by atoms with Gasteiger partial charge in [-0.15, -0.1) is 0 Å². The van der Waals surface area contributed by atoms with Crippen molar-refractivity contribution in [3.63, 3.8) is 0 Å². The number of nitrogens with one attached hydrogen (secondary N) is 2. The molecular weight excluding hydrogens is 242 g/mol. The Kier molecular flexibility index (Phi) is 3.79. The zero-order chi connectivity index (χ0) is 13.8. The number of nitrogens with zero attached hydrogens (tertiary/aromatic N) is 3. The largest absolute Gasteiger partial charge is 0.388 e. The third-order valence-electron chi connectivity index (χ3n) is 2.81. The fourth-order valence-corrected chi connectivity index (χ4v) is 1.79. The molecule has 0 saturated heterocycles. The average molecular weight is 259 g/mol. The first kappa shape index (κ1) is 13.1. The number of benzene rings is 1. The van der Waals surface area contributed by atoms with Crippen LogP contribution in [0.1, 0.15) is 21.7 Å². The van der Waals surface area contributed by atoms with Gasteiger partial charge in [-0.05, 0) is 30.7 Å². The summed E-state index contributed by atoms with van der Waals surface area (Å²) in [6.45, 7) is 2.24. The maximum Gasteiger partial charge on any atom is 0.251 e. The highest BCUT2D eigenvalue weighted by Crippen LogP contribution is 2.14. The van der Waals surface area contributed by atoms with Gasteiger partial charge in [-0.3, -0.25) is 9.48 Å². The second-order valence-electron chi connectivity index (χ2n) is 4.30. The van der Waals surface area contributed by atoms with Gasteiger partial charge in [-0.2, -0.15) is 5.10 Å². The van der Waals surface area contributed by atoms with Crippen molar-refractivity contribution in [2.24, 2.45) is 7.05 Å². The molecule has 6 nitrogen and oxygen atoms in total. The van der Waals surface area contributed by atoms with Crippen LogP contribution < -0.4 is 10.6 Å². The lowest BCUT2D eigenvalue weighted by molar-refractivity contribution is 0.0949. The standard InChI is InChI=1S/C13H17N5O/c1-9-6-10(14-2)4-5-11(9)13(19)15-7-12-16-8-18(3)17-12/h4-6,8,14H,7H2,1-3H3,(H,15,19). The van der Waals surface area contributed by atoms with E-state index in [1.54, 1.807) is 18.1 Å². The molecule has 2 N–H and O–H groups in total. The van der Waals surface area contributed by atoms with Gasteiger partial charge in [0.15, 0.2) is 5.82 Å². The normalized spacial score (nSPS) is 10.3. The van der Waals surface area contributed by atoms with E-state index in [1.165, 1.54) is 0 Å². The number of aromatic nitrogens is 3. The van der Waals surface area contributed by atoms with Gasteiger partial charge in [0.25, 0.3) is 5.91 Å². The maximum atomic E-state index is 12.1. The van der Waals surface area contributed by atoms with E-state index >= 15 is 0 Å². The van der Waals surface area contributed by atoms with Crippen molar-refractivity contribution in [1.29, 1.82) is 0 Å². The van der Waals surface area contributed by atoms with Crippen molar-refractivity contribution < 1.29 is 4.79 Å². The van der Waals surface area contributed by atoms with Crippen molar-refractivity contribution in [2.75, 3.05) is 12.4 Å². The molecule has 100 valence electrons. The van der Waals surface area contributed by atoms with Gasteiger partial charge in [-0.25, -0.2) is 4.98 Å². The summed E-state index contributed by atoms with van der Waals surface area (Å²) >= 11 is 0. The molecule has 19 heavy (non-hydrogen) atoms. The van der Waals surface area contributed by atoms with Gasteiger partial charge in [0.2, 0.25) is 0 Å². The number of carbonyl (C=O) groups is 1. The summed E-state index contributed by atoms with van der Waals surface area (Å²) in [6, 6.07) is 5.62. The molecule has 1 amide bonds. The Labute approximate surface area is 111 Å². The van der Waals surface area contributed by atoms with E-state index in [9.17, 15) is 4.79 Å². The monoisotopic (exact) mass is 259 g/mol. The molecule has 0 aliphatic rings. The van der Waals surface area contributed by atoms with E-state index in [1.807, 2.05) is 32.2 Å². The first-order chi connectivity index (χ1) is 9.10. The SMILES string of the molecule is CNc1ccc(C(=O)NCc2ncn(C)n2)c(C)c1. The summed E-state index contributed by atoms with van der Waals surface area (Å²) in [4.78, 5) is 16.1. The molecule has 0 aliphatic carbocycles. The van der Waals surface area contributed by atoms with Crippen LogP contribution >= 0.6 is 0 Å². The molecule has 0 atom stereocenters. The predicted molar refractivity (Wildman–Crippen MR) is 72.9 cm³/mol. The van der Waals surface area contributed by atoms with Crippen molar-refractivity contribution >= 4 is 11.6 Å².